The maximum atomic E-state index is 15.4. The third kappa shape index (κ3) is 16.1. The van der Waals surface area contributed by atoms with Gasteiger partial charge < -0.3 is 47.4 Å². The van der Waals surface area contributed by atoms with Crippen LogP contribution in [0.2, 0.25) is 0 Å². The normalized spacial score (nSPS) is 23.8. The summed E-state index contributed by atoms with van der Waals surface area (Å²) < 4.78 is 97.9. The van der Waals surface area contributed by atoms with Gasteiger partial charge in [0.25, 0.3) is 0 Å². The van der Waals surface area contributed by atoms with E-state index in [0.717, 1.165) is 38.9 Å². The number of hydrogen-bond donors (Lipinski definition) is 0. The van der Waals surface area contributed by atoms with Crippen molar-refractivity contribution in [2.24, 2.45) is 0 Å². The van der Waals surface area contributed by atoms with Crippen molar-refractivity contribution in [1.29, 1.82) is 0 Å². The molecule has 76 heavy (non-hydrogen) atoms. The first-order chi connectivity index (χ1) is 37.4. The zero-order valence-corrected chi connectivity index (χ0v) is 43.7. The van der Waals surface area contributed by atoms with Crippen molar-refractivity contribution in [2.45, 2.75) is 107 Å². The van der Waals surface area contributed by atoms with Gasteiger partial charge in [-0.15, -0.1) is 0 Å². The molecular weight excluding hydrogens is 981 g/mol. The highest BCUT2D eigenvalue weighted by Gasteiger charge is 2.53. The van der Waals surface area contributed by atoms with E-state index < -0.39 is 82.6 Å². The molecule has 2 saturated heterocycles. The first-order valence-electron chi connectivity index (χ1n) is 26.0. The van der Waals surface area contributed by atoms with Gasteiger partial charge >= 0.3 is 0 Å². The Hall–Kier alpha value is -5.91. The number of methoxy groups -OCH3 is 1. The Morgan fingerprint density at radius 2 is 0.592 bits per heavy atom. The van der Waals surface area contributed by atoms with Crippen molar-refractivity contribution in [3.8, 4) is 0 Å². The number of benzene rings is 7. The first-order valence-corrected chi connectivity index (χ1v) is 27.8. The molecule has 0 spiro atoms. The predicted molar refractivity (Wildman–Crippen MR) is 289 cm³/mol. The van der Waals surface area contributed by atoms with Crippen LogP contribution >= 0.6 is 0 Å². The average Bonchev–Trinajstić information content (AvgIpc) is 3.48. The highest BCUT2D eigenvalue weighted by Crippen LogP contribution is 2.35. The van der Waals surface area contributed by atoms with Gasteiger partial charge in [0.05, 0.1) is 64.4 Å². The van der Waals surface area contributed by atoms with Gasteiger partial charge in [0.2, 0.25) is 0 Å². The Balaban J connectivity index is 1.05. The third-order valence-corrected chi connectivity index (χ3v) is 15.2. The van der Waals surface area contributed by atoms with Gasteiger partial charge in [-0.25, -0.2) is 8.42 Å². The molecule has 0 bridgehead atoms. The Morgan fingerprint density at radius 3 is 0.921 bits per heavy atom. The fraction of sp³-hybridized carbons (Fsp3) is 0.333. The zero-order chi connectivity index (χ0) is 52.2. The van der Waals surface area contributed by atoms with E-state index in [-0.39, 0.29) is 46.2 Å². The van der Waals surface area contributed by atoms with Crippen molar-refractivity contribution in [3.63, 3.8) is 0 Å². The maximum Gasteiger partial charge on any atom is 0.186 e. The van der Waals surface area contributed by atoms with Crippen LogP contribution in [0.5, 0.6) is 0 Å². The summed E-state index contributed by atoms with van der Waals surface area (Å²) in [4.78, 5) is 0. The predicted octanol–water partition coefficient (Wildman–Crippen LogP) is 10.3. The van der Waals surface area contributed by atoms with E-state index in [0.29, 0.717) is 6.61 Å². The molecular formula is C63H68O12S. The molecule has 7 aromatic rings. The molecule has 0 radical (unpaired) electrons. The summed E-state index contributed by atoms with van der Waals surface area (Å²) in [6, 6.07) is 68.6. The molecule has 2 aliphatic heterocycles. The Kier molecular flexibility index (Phi) is 20.5. The lowest BCUT2D eigenvalue weighted by molar-refractivity contribution is -0.313. The summed E-state index contributed by atoms with van der Waals surface area (Å²) in [5.41, 5.74) is 6.49. The lowest BCUT2D eigenvalue weighted by Crippen LogP contribution is -2.63. The molecule has 13 heteroatoms. The van der Waals surface area contributed by atoms with E-state index >= 15 is 8.42 Å². The fourth-order valence-electron chi connectivity index (χ4n) is 9.66. The Morgan fingerprint density at radius 1 is 0.329 bits per heavy atom. The van der Waals surface area contributed by atoms with Crippen molar-refractivity contribution in [3.05, 3.63) is 251 Å². The van der Waals surface area contributed by atoms with E-state index in [1.165, 1.54) is 7.11 Å². The van der Waals surface area contributed by atoms with Crippen LogP contribution in [-0.2, 0) is 103 Å². The van der Waals surface area contributed by atoms with Gasteiger partial charge in [0.15, 0.2) is 16.1 Å². The van der Waals surface area contributed by atoms with E-state index in [2.05, 4.69) is 0 Å². The van der Waals surface area contributed by atoms with Crippen LogP contribution in [0.3, 0.4) is 0 Å². The second kappa shape index (κ2) is 28.5. The molecule has 2 aliphatic rings. The Bertz CT molecular complexity index is 2820. The second-order valence-corrected chi connectivity index (χ2v) is 21.3. The highest BCUT2D eigenvalue weighted by molar-refractivity contribution is 7.91. The SMILES string of the molecule is CO[C@H]1O[C@H](CS(=O)(=O)C[C@@H]2O[C@H](COCc3ccccc3)[C@@H](OCc3ccccc3)[C@H](OCc3ccccc3)[C@H]2OCc2ccccc2)[C@@H](OCc2ccccc2)[C@H](OCc2ccccc2)[C@H]1OCc1ccccc1. The minimum atomic E-state index is -4.16. The molecule has 12 nitrogen and oxygen atoms in total. The number of sulfone groups is 1. The quantitative estimate of drug-likeness (QED) is 0.0487. The van der Waals surface area contributed by atoms with Crippen molar-refractivity contribution in [2.75, 3.05) is 25.2 Å². The molecule has 9 rings (SSSR count). The molecule has 2 heterocycles. The van der Waals surface area contributed by atoms with Crippen LogP contribution in [0.1, 0.15) is 38.9 Å². The molecule has 10 atom stereocenters. The van der Waals surface area contributed by atoms with E-state index in [1.54, 1.807) is 0 Å². The summed E-state index contributed by atoms with van der Waals surface area (Å²) in [6.07, 6.45) is -9.08. The summed E-state index contributed by atoms with van der Waals surface area (Å²) in [6.45, 7) is 1.52. The van der Waals surface area contributed by atoms with Gasteiger partial charge in [-0.05, 0) is 38.9 Å². The standard InChI is InChI=1S/C63H68O12S/c1-66-63-62(73-43-53-35-21-8-22-36-53)61(72-42-52-33-19-7-20-34-52)59(70-40-50-29-15-5-16-30-50)56(75-63)46-76(64,65)45-55-58(69-39-49-27-13-4-14-28-49)60(71-41-51-31-17-6-18-32-51)57(68-38-48-25-11-3-12-26-48)54(74-55)44-67-37-47-23-9-2-10-24-47/h2-36,54-63H,37-46H2,1H3/t54-,55+,56-,57-,58+,59-,60+,61+,62-,63+/m1/s1. The summed E-state index contributed by atoms with van der Waals surface area (Å²) in [5, 5.41) is 0. The maximum absolute atomic E-state index is 15.4. The van der Waals surface area contributed by atoms with Gasteiger partial charge in [-0.1, -0.05) is 212 Å². The molecule has 0 aromatic heterocycles. The average molecular weight is 1050 g/mol. The van der Waals surface area contributed by atoms with E-state index in [9.17, 15) is 0 Å². The monoisotopic (exact) mass is 1050 g/mol. The molecule has 2 fully saturated rings. The second-order valence-electron chi connectivity index (χ2n) is 19.1. The lowest BCUT2D eigenvalue weighted by atomic mass is 9.94. The Labute approximate surface area is 447 Å². The summed E-state index contributed by atoms with van der Waals surface area (Å²) in [5.74, 6) is -0.947. The molecule has 0 unspecified atom stereocenters. The minimum Gasteiger partial charge on any atom is -0.374 e. The zero-order valence-electron chi connectivity index (χ0n) is 42.9. The molecule has 398 valence electrons. The van der Waals surface area contributed by atoms with Gasteiger partial charge in [0.1, 0.15) is 54.9 Å². The molecule has 0 saturated carbocycles. The third-order valence-electron chi connectivity index (χ3n) is 13.5. The molecule has 0 amide bonds. The highest BCUT2D eigenvalue weighted by atomic mass is 32.2. The minimum absolute atomic E-state index is 0.0724. The van der Waals surface area contributed by atoms with E-state index in [1.807, 2.05) is 212 Å². The smallest absolute Gasteiger partial charge is 0.186 e. The molecule has 0 aliphatic carbocycles. The largest absolute Gasteiger partial charge is 0.374 e. The first kappa shape index (κ1) is 54.9. The topological polar surface area (TPSA) is 126 Å². The van der Waals surface area contributed by atoms with Gasteiger partial charge in [0, 0.05) is 7.11 Å². The summed E-state index contributed by atoms with van der Waals surface area (Å²) >= 11 is 0. The molecule has 7 aromatic carbocycles. The van der Waals surface area contributed by atoms with Gasteiger partial charge in [-0.3, -0.25) is 0 Å². The number of rotatable bonds is 27. The van der Waals surface area contributed by atoms with Crippen LogP contribution in [0.15, 0.2) is 212 Å². The number of ether oxygens (including phenoxy) is 10. The van der Waals surface area contributed by atoms with Crippen LogP contribution < -0.4 is 0 Å². The van der Waals surface area contributed by atoms with E-state index in [4.69, 9.17) is 47.4 Å². The van der Waals surface area contributed by atoms with Crippen LogP contribution in [-0.4, -0.2) is 94.9 Å². The molecule has 0 N–H and O–H groups in total. The van der Waals surface area contributed by atoms with Crippen LogP contribution in [0.4, 0.5) is 0 Å². The number of hydrogen-bond acceptors (Lipinski definition) is 12. The van der Waals surface area contributed by atoms with Crippen molar-refractivity contribution in [1.82, 2.24) is 0 Å². The van der Waals surface area contributed by atoms with Crippen molar-refractivity contribution >= 4 is 9.84 Å². The van der Waals surface area contributed by atoms with Crippen LogP contribution in [0.25, 0.3) is 0 Å². The summed E-state index contributed by atoms with van der Waals surface area (Å²) in [7, 11) is -2.64. The van der Waals surface area contributed by atoms with Gasteiger partial charge in [-0.2, -0.15) is 0 Å². The fourth-order valence-corrected chi connectivity index (χ4v) is 11.3. The lowest BCUT2D eigenvalue weighted by Gasteiger charge is -2.47. The van der Waals surface area contributed by atoms with Crippen LogP contribution in [0, 0.1) is 0 Å². The van der Waals surface area contributed by atoms with Crippen molar-refractivity contribution < 1.29 is 55.8 Å².